The number of anilines is 2. The van der Waals surface area contributed by atoms with Crippen LogP contribution < -0.4 is 11.1 Å². The normalized spacial score (nSPS) is 24.9. The number of nitrogen functional groups attached to an aromatic ring is 1. The predicted molar refractivity (Wildman–Crippen MR) is 81.5 cm³/mol. The molecule has 0 saturated carbocycles. The fourth-order valence-electron chi connectivity index (χ4n) is 2.63. The van der Waals surface area contributed by atoms with E-state index in [2.05, 4.69) is 10.3 Å². The number of benzene rings is 1. The summed E-state index contributed by atoms with van der Waals surface area (Å²) in [5.74, 6) is 1.09. The van der Waals surface area contributed by atoms with Crippen LogP contribution in [0.15, 0.2) is 30.3 Å². The van der Waals surface area contributed by atoms with E-state index in [1.54, 1.807) is 6.07 Å². The van der Waals surface area contributed by atoms with Gasteiger partial charge in [0.05, 0.1) is 22.6 Å². The Hall–Kier alpha value is -1.82. The molecule has 1 aromatic heterocycles. The molecular weight excluding hydrogens is 274 g/mol. The molecule has 3 N–H and O–H groups in total. The molecule has 1 saturated heterocycles. The molecule has 0 amide bonds. The number of nitrogens with one attached hydrogen (secondary N) is 1. The molecular formula is C14H17N3O2S. The molecule has 106 valence electrons. The number of rotatable bonds is 2. The van der Waals surface area contributed by atoms with Crippen LogP contribution in [0.5, 0.6) is 0 Å². The minimum absolute atomic E-state index is 0.154. The number of sulfone groups is 1. The van der Waals surface area contributed by atoms with Gasteiger partial charge in [-0.3, -0.25) is 0 Å². The molecule has 1 atom stereocenters. The molecule has 0 aliphatic carbocycles. The van der Waals surface area contributed by atoms with E-state index in [-0.39, 0.29) is 11.5 Å². The van der Waals surface area contributed by atoms with Crippen molar-refractivity contribution in [3.8, 4) is 0 Å². The number of fused-ring (bicyclic) bond motifs is 1. The lowest BCUT2D eigenvalue weighted by Gasteiger charge is -2.24. The third-order valence-electron chi connectivity index (χ3n) is 3.65. The summed E-state index contributed by atoms with van der Waals surface area (Å²) in [6.07, 6.45) is 0.608. The summed E-state index contributed by atoms with van der Waals surface area (Å²) in [7, 11) is -2.93. The summed E-state index contributed by atoms with van der Waals surface area (Å²) < 4.78 is 23.2. The first kappa shape index (κ1) is 13.2. The highest BCUT2D eigenvalue weighted by Gasteiger charge is 2.38. The zero-order valence-corrected chi connectivity index (χ0v) is 12.1. The Labute approximate surface area is 118 Å². The Bertz CT molecular complexity index is 773. The first-order valence-corrected chi connectivity index (χ1v) is 8.32. The van der Waals surface area contributed by atoms with Gasteiger partial charge in [0.25, 0.3) is 0 Å². The molecule has 6 heteroatoms. The van der Waals surface area contributed by atoms with E-state index in [1.807, 2.05) is 31.2 Å². The van der Waals surface area contributed by atoms with Crippen LogP contribution in [0.25, 0.3) is 10.9 Å². The average Bonchev–Trinajstić information content (AvgIpc) is 2.63. The van der Waals surface area contributed by atoms with E-state index < -0.39 is 15.4 Å². The highest BCUT2D eigenvalue weighted by atomic mass is 32.2. The van der Waals surface area contributed by atoms with Crippen LogP contribution in [0.2, 0.25) is 0 Å². The van der Waals surface area contributed by atoms with Crippen molar-refractivity contribution in [2.75, 3.05) is 22.6 Å². The molecule has 1 aliphatic rings. The molecule has 3 rings (SSSR count). The van der Waals surface area contributed by atoms with Gasteiger partial charge in [-0.25, -0.2) is 13.4 Å². The maximum atomic E-state index is 11.6. The van der Waals surface area contributed by atoms with E-state index in [9.17, 15) is 8.42 Å². The van der Waals surface area contributed by atoms with Crippen molar-refractivity contribution in [3.05, 3.63) is 30.3 Å². The molecule has 1 aliphatic heterocycles. The Morgan fingerprint density at radius 3 is 2.80 bits per heavy atom. The number of nitrogens with two attached hydrogens (primary N) is 1. The molecule has 2 heterocycles. The highest BCUT2D eigenvalue weighted by Crippen LogP contribution is 2.27. The third kappa shape index (κ3) is 2.56. The maximum absolute atomic E-state index is 11.6. The van der Waals surface area contributed by atoms with Gasteiger partial charge in [-0.05, 0) is 43.7 Å². The molecule has 20 heavy (non-hydrogen) atoms. The summed E-state index contributed by atoms with van der Waals surface area (Å²) in [4.78, 5) is 4.51. The van der Waals surface area contributed by atoms with Gasteiger partial charge < -0.3 is 11.1 Å². The van der Waals surface area contributed by atoms with Crippen molar-refractivity contribution < 1.29 is 8.42 Å². The van der Waals surface area contributed by atoms with Crippen LogP contribution in [0.1, 0.15) is 13.3 Å². The molecule has 0 spiro atoms. The minimum Gasteiger partial charge on any atom is -0.399 e. The van der Waals surface area contributed by atoms with Crippen LogP contribution >= 0.6 is 0 Å². The fourth-order valence-corrected chi connectivity index (χ4v) is 4.73. The minimum atomic E-state index is -2.93. The van der Waals surface area contributed by atoms with Crippen molar-refractivity contribution in [1.82, 2.24) is 4.98 Å². The van der Waals surface area contributed by atoms with E-state index in [1.165, 1.54) is 0 Å². The summed E-state index contributed by atoms with van der Waals surface area (Å²) >= 11 is 0. The second kappa shape index (κ2) is 4.34. The lowest BCUT2D eigenvalue weighted by atomic mass is 10.0. The molecule has 0 bridgehead atoms. The topological polar surface area (TPSA) is 85.1 Å². The summed E-state index contributed by atoms with van der Waals surface area (Å²) in [6.45, 7) is 1.92. The number of nitrogens with zero attached hydrogens (tertiary/aromatic N) is 1. The Morgan fingerprint density at radius 1 is 1.30 bits per heavy atom. The van der Waals surface area contributed by atoms with Crippen LogP contribution in [0, 0.1) is 0 Å². The lowest BCUT2D eigenvalue weighted by Crippen LogP contribution is -2.36. The number of hydrogen-bond donors (Lipinski definition) is 2. The first-order chi connectivity index (χ1) is 9.35. The van der Waals surface area contributed by atoms with Crippen LogP contribution in [-0.2, 0) is 9.84 Å². The van der Waals surface area contributed by atoms with Gasteiger partial charge in [0.15, 0.2) is 9.84 Å². The summed E-state index contributed by atoms with van der Waals surface area (Å²) in [5, 5.41) is 4.23. The van der Waals surface area contributed by atoms with Crippen molar-refractivity contribution in [1.29, 1.82) is 0 Å². The van der Waals surface area contributed by atoms with E-state index in [0.29, 0.717) is 17.9 Å². The Balaban J connectivity index is 1.90. The van der Waals surface area contributed by atoms with Crippen molar-refractivity contribution in [2.24, 2.45) is 0 Å². The maximum Gasteiger partial charge on any atom is 0.152 e. The summed E-state index contributed by atoms with van der Waals surface area (Å²) in [6, 6.07) is 9.34. The lowest BCUT2D eigenvalue weighted by molar-refractivity contribution is 0.572. The van der Waals surface area contributed by atoms with Crippen molar-refractivity contribution >= 4 is 32.2 Å². The van der Waals surface area contributed by atoms with Gasteiger partial charge in [-0.1, -0.05) is 0 Å². The molecule has 1 unspecified atom stereocenters. The predicted octanol–water partition coefficient (Wildman–Crippen LogP) is 1.81. The van der Waals surface area contributed by atoms with Gasteiger partial charge in [-0.15, -0.1) is 0 Å². The molecule has 2 aromatic rings. The highest BCUT2D eigenvalue weighted by molar-refractivity contribution is 7.91. The zero-order chi connectivity index (χ0) is 14.4. The molecule has 0 radical (unpaired) electrons. The number of pyridine rings is 1. The largest absolute Gasteiger partial charge is 0.399 e. The van der Waals surface area contributed by atoms with E-state index in [0.717, 1.165) is 10.9 Å². The van der Waals surface area contributed by atoms with Crippen LogP contribution in [-0.4, -0.2) is 30.4 Å². The van der Waals surface area contributed by atoms with Gasteiger partial charge in [0, 0.05) is 11.1 Å². The van der Waals surface area contributed by atoms with Gasteiger partial charge in [-0.2, -0.15) is 0 Å². The second-order valence-corrected chi connectivity index (χ2v) is 7.86. The zero-order valence-electron chi connectivity index (χ0n) is 11.3. The van der Waals surface area contributed by atoms with E-state index in [4.69, 9.17) is 5.73 Å². The smallest absolute Gasteiger partial charge is 0.152 e. The average molecular weight is 291 g/mol. The van der Waals surface area contributed by atoms with Gasteiger partial charge >= 0.3 is 0 Å². The summed E-state index contributed by atoms with van der Waals surface area (Å²) in [5.41, 5.74) is 6.84. The van der Waals surface area contributed by atoms with E-state index >= 15 is 0 Å². The van der Waals surface area contributed by atoms with Crippen LogP contribution in [0.4, 0.5) is 11.5 Å². The van der Waals surface area contributed by atoms with Crippen molar-refractivity contribution in [3.63, 3.8) is 0 Å². The first-order valence-electron chi connectivity index (χ1n) is 6.50. The van der Waals surface area contributed by atoms with Gasteiger partial charge in [0.2, 0.25) is 0 Å². The number of aromatic nitrogens is 1. The molecule has 1 aromatic carbocycles. The molecule has 5 nitrogen and oxygen atoms in total. The molecule has 1 fully saturated rings. The van der Waals surface area contributed by atoms with Crippen molar-refractivity contribution in [2.45, 2.75) is 18.9 Å². The Kier molecular flexibility index (Phi) is 2.86. The van der Waals surface area contributed by atoms with Crippen LogP contribution in [0.3, 0.4) is 0 Å². The fraction of sp³-hybridized carbons (Fsp3) is 0.357. The standard InChI is InChI=1S/C14H17N3O2S/c1-14(6-7-20(18,19)9-14)17-13-5-2-10-8-11(15)3-4-12(10)16-13/h2-5,8H,6-7,9,15H2,1H3,(H,16,17). The number of hydrogen-bond acceptors (Lipinski definition) is 5. The SMILES string of the molecule is CC1(Nc2ccc3cc(N)ccc3n2)CCS(=O)(=O)C1. The second-order valence-electron chi connectivity index (χ2n) is 5.68. The van der Waals surface area contributed by atoms with Gasteiger partial charge in [0.1, 0.15) is 5.82 Å². The third-order valence-corrected chi connectivity index (χ3v) is 5.55. The Morgan fingerprint density at radius 2 is 2.10 bits per heavy atom. The monoisotopic (exact) mass is 291 g/mol. The quantitative estimate of drug-likeness (QED) is 0.824.